The Labute approximate surface area is 345 Å². The normalized spacial score (nSPS) is 12.6. The first-order valence-corrected chi connectivity index (χ1v) is 20.3. The molecule has 2 aliphatic rings. The summed E-state index contributed by atoms with van der Waals surface area (Å²) in [5.41, 5.74) is 13.8. The molecule has 0 unspecified atom stereocenters. The molecule has 0 aliphatic carbocycles. The summed E-state index contributed by atoms with van der Waals surface area (Å²) in [5, 5.41) is 4.41. The average molecular weight is 770 g/mol. The van der Waals surface area contributed by atoms with E-state index in [2.05, 4.69) is 163 Å². The Hall–Kier alpha value is -7.96. The summed E-state index contributed by atoms with van der Waals surface area (Å²) in [6.45, 7) is -0.192. The molecular formula is C54H32BNO4. The lowest BCUT2D eigenvalue weighted by atomic mass is 9.34. The predicted molar refractivity (Wildman–Crippen MR) is 244 cm³/mol. The summed E-state index contributed by atoms with van der Waals surface area (Å²) in [4.78, 5) is 2.25. The number of furan rings is 2. The minimum absolute atomic E-state index is 0.192. The second-order valence-electron chi connectivity index (χ2n) is 15.6. The Balaban J connectivity index is 1.03. The highest BCUT2D eigenvalue weighted by molar-refractivity contribution is 6.98. The van der Waals surface area contributed by atoms with Crippen LogP contribution in [0.1, 0.15) is 0 Å². The lowest BCUT2D eigenvalue weighted by molar-refractivity contribution is 0.465. The quantitative estimate of drug-likeness (QED) is 0.163. The first-order valence-electron chi connectivity index (χ1n) is 20.3. The van der Waals surface area contributed by atoms with Crippen molar-refractivity contribution in [2.75, 3.05) is 4.90 Å². The lowest BCUT2D eigenvalue weighted by Crippen LogP contribution is -2.57. The lowest BCUT2D eigenvalue weighted by Gasteiger charge is -2.35. The van der Waals surface area contributed by atoms with Crippen molar-refractivity contribution in [3.8, 4) is 45.3 Å². The van der Waals surface area contributed by atoms with Gasteiger partial charge in [0.25, 0.3) is 6.71 Å². The topological polar surface area (TPSA) is 48.0 Å². The van der Waals surface area contributed by atoms with Crippen molar-refractivity contribution in [1.29, 1.82) is 0 Å². The molecule has 0 amide bonds. The van der Waals surface area contributed by atoms with Crippen LogP contribution in [0.25, 0.3) is 66.1 Å². The van der Waals surface area contributed by atoms with Gasteiger partial charge in [0.2, 0.25) is 0 Å². The van der Waals surface area contributed by atoms with E-state index >= 15 is 0 Å². The van der Waals surface area contributed by atoms with Crippen LogP contribution in [0.3, 0.4) is 0 Å². The SMILES string of the molecule is c1ccc(N(c2ccccc2)c2cc3c4c(c2)Oc2ccc(-c5cccc6c5oc5ccccc56)cc2B4c2cc(-c4cccc5c4oc4ccccc45)ccc2O3)cc1. The number of ether oxygens (including phenoxy) is 2. The average Bonchev–Trinajstić information content (AvgIpc) is 3.88. The van der Waals surface area contributed by atoms with E-state index < -0.39 is 0 Å². The number of rotatable bonds is 5. The number of hydrogen-bond donors (Lipinski definition) is 0. The van der Waals surface area contributed by atoms with Gasteiger partial charge in [-0.2, -0.15) is 0 Å². The first-order chi connectivity index (χ1) is 29.7. The van der Waals surface area contributed by atoms with Crippen molar-refractivity contribution < 1.29 is 18.3 Å². The van der Waals surface area contributed by atoms with Crippen LogP contribution in [0.15, 0.2) is 203 Å². The summed E-state index contributed by atoms with van der Waals surface area (Å²) in [5.74, 6) is 3.14. The van der Waals surface area contributed by atoms with Crippen molar-refractivity contribution >= 4 is 84.0 Å². The maximum absolute atomic E-state index is 6.99. The first kappa shape index (κ1) is 33.1. The Kier molecular flexibility index (Phi) is 7.04. The van der Waals surface area contributed by atoms with Crippen molar-refractivity contribution in [3.05, 3.63) is 194 Å². The van der Waals surface area contributed by atoms with Crippen molar-refractivity contribution in [1.82, 2.24) is 0 Å². The van der Waals surface area contributed by atoms with Gasteiger partial charge in [-0.15, -0.1) is 0 Å². The van der Waals surface area contributed by atoms with E-state index in [0.717, 1.165) is 123 Å². The molecule has 2 aromatic heterocycles. The van der Waals surface area contributed by atoms with Gasteiger partial charge in [0.05, 0.1) is 5.69 Å². The predicted octanol–water partition coefficient (Wildman–Crippen LogP) is 13.0. The molecule has 5 nitrogen and oxygen atoms in total. The molecule has 0 fully saturated rings. The molecule has 4 heterocycles. The zero-order chi connectivity index (χ0) is 39.3. The van der Waals surface area contributed by atoms with Crippen LogP contribution in [0, 0.1) is 0 Å². The van der Waals surface area contributed by atoms with E-state index in [1.165, 1.54) is 0 Å². The number of fused-ring (bicyclic) bond motifs is 10. The third-order valence-corrected chi connectivity index (χ3v) is 12.2. The minimum Gasteiger partial charge on any atom is -0.458 e. The molecule has 0 saturated carbocycles. The number of benzene rings is 9. The van der Waals surface area contributed by atoms with Crippen molar-refractivity contribution in [2.24, 2.45) is 0 Å². The highest BCUT2D eigenvalue weighted by Crippen LogP contribution is 2.44. The standard InChI is InChI=1S/C54H32BNO4/c1-3-13-35(14-4-1)56(36-15-5-2-6-16-36)37-31-50-52-51(32-37)58-49-28-26-34(39-20-12-22-43-41-18-8-10-24-47(41)60-54(39)43)30-45(49)55(52)44-29-33(25-27-48(44)57-50)38-19-11-21-42-40-17-7-9-23-46(40)59-53(38)42/h1-32H. The minimum atomic E-state index is -0.192. The molecule has 0 radical (unpaired) electrons. The zero-order valence-electron chi connectivity index (χ0n) is 32.1. The molecule has 2 aliphatic heterocycles. The van der Waals surface area contributed by atoms with E-state index in [1.54, 1.807) is 0 Å². The maximum atomic E-state index is 6.99. The summed E-state index contributed by atoms with van der Waals surface area (Å²) >= 11 is 0. The monoisotopic (exact) mass is 769 g/mol. The van der Waals surface area contributed by atoms with Gasteiger partial charge in [0, 0.05) is 61.6 Å². The second-order valence-corrected chi connectivity index (χ2v) is 15.6. The van der Waals surface area contributed by atoms with Gasteiger partial charge in [-0.3, -0.25) is 0 Å². The van der Waals surface area contributed by atoms with Crippen LogP contribution in [-0.4, -0.2) is 6.71 Å². The van der Waals surface area contributed by atoms with Crippen LogP contribution >= 0.6 is 0 Å². The molecule has 6 heteroatoms. The van der Waals surface area contributed by atoms with Gasteiger partial charge in [-0.05, 0) is 70.6 Å². The number of hydrogen-bond acceptors (Lipinski definition) is 5. The molecular weight excluding hydrogens is 737 g/mol. The summed E-state index contributed by atoms with van der Waals surface area (Å²) in [6, 6.07) is 67.5. The van der Waals surface area contributed by atoms with Gasteiger partial charge in [-0.25, -0.2) is 0 Å². The van der Waals surface area contributed by atoms with Crippen LogP contribution < -0.4 is 30.8 Å². The molecule has 60 heavy (non-hydrogen) atoms. The van der Waals surface area contributed by atoms with E-state index in [1.807, 2.05) is 36.4 Å². The summed E-state index contributed by atoms with van der Waals surface area (Å²) in [6.07, 6.45) is 0. The summed E-state index contributed by atoms with van der Waals surface area (Å²) in [7, 11) is 0. The van der Waals surface area contributed by atoms with Gasteiger partial charge in [-0.1, -0.05) is 133 Å². The van der Waals surface area contributed by atoms with Gasteiger partial charge < -0.3 is 23.2 Å². The molecule has 9 aromatic carbocycles. The van der Waals surface area contributed by atoms with Gasteiger partial charge in [0.1, 0.15) is 45.3 Å². The second kappa shape index (κ2) is 12.8. The van der Waals surface area contributed by atoms with Crippen LogP contribution in [0.5, 0.6) is 23.0 Å². The molecule has 0 saturated heterocycles. The Bertz CT molecular complexity index is 3290. The van der Waals surface area contributed by atoms with E-state index in [9.17, 15) is 0 Å². The Morgan fingerprint density at radius 2 is 0.800 bits per heavy atom. The van der Waals surface area contributed by atoms with Crippen molar-refractivity contribution in [2.45, 2.75) is 0 Å². The smallest absolute Gasteiger partial charge is 0.260 e. The Morgan fingerprint density at radius 3 is 1.30 bits per heavy atom. The third kappa shape index (κ3) is 4.94. The van der Waals surface area contributed by atoms with E-state index in [4.69, 9.17) is 18.3 Å². The fraction of sp³-hybridized carbons (Fsp3) is 0. The summed E-state index contributed by atoms with van der Waals surface area (Å²) < 4.78 is 27.1. The van der Waals surface area contributed by atoms with Crippen LogP contribution in [0.4, 0.5) is 17.1 Å². The Morgan fingerprint density at radius 1 is 0.350 bits per heavy atom. The molecule has 0 spiro atoms. The zero-order valence-corrected chi connectivity index (χ0v) is 32.1. The molecule has 0 atom stereocenters. The largest absolute Gasteiger partial charge is 0.458 e. The van der Waals surface area contributed by atoms with E-state index in [0.29, 0.717) is 0 Å². The molecule has 0 bridgehead atoms. The number of nitrogens with zero attached hydrogens (tertiary/aromatic N) is 1. The molecule has 11 aromatic rings. The highest BCUT2D eigenvalue weighted by Gasteiger charge is 2.41. The van der Waals surface area contributed by atoms with Gasteiger partial charge >= 0.3 is 0 Å². The van der Waals surface area contributed by atoms with Gasteiger partial charge in [0.15, 0.2) is 0 Å². The maximum Gasteiger partial charge on any atom is 0.260 e. The van der Waals surface area contributed by atoms with Crippen molar-refractivity contribution in [3.63, 3.8) is 0 Å². The number of para-hydroxylation sites is 6. The highest BCUT2D eigenvalue weighted by atomic mass is 16.5. The van der Waals surface area contributed by atoms with E-state index in [-0.39, 0.29) is 6.71 Å². The number of anilines is 3. The fourth-order valence-corrected chi connectivity index (χ4v) is 9.50. The van der Waals surface area contributed by atoms with Crippen LogP contribution in [-0.2, 0) is 0 Å². The third-order valence-electron chi connectivity index (χ3n) is 12.2. The van der Waals surface area contributed by atoms with Crippen LogP contribution in [0.2, 0.25) is 0 Å². The molecule has 280 valence electrons. The molecule has 13 rings (SSSR count). The fourth-order valence-electron chi connectivity index (χ4n) is 9.50. The molecule has 0 N–H and O–H groups in total.